The summed E-state index contributed by atoms with van der Waals surface area (Å²) in [7, 11) is 1.46. The number of methoxy groups -OCH3 is 1. The smallest absolute Gasteiger partial charge is 0.165 e. The predicted molar refractivity (Wildman–Crippen MR) is 80.8 cm³/mol. The molecule has 0 radical (unpaired) electrons. The van der Waals surface area contributed by atoms with Crippen molar-refractivity contribution in [3.05, 3.63) is 47.5 Å². The Bertz CT molecular complexity index is 581. The van der Waals surface area contributed by atoms with Gasteiger partial charge in [-0.25, -0.2) is 4.39 Å². The van der Waals surface area contributed by atoms with Gasteiger partial charge in [0, 0.05) is 12.7 Å². The van der Waals surface area contributed by atoms with E-state index < -0.39 is 0 Å². The van der Waals surface area contributed by atoms with Crippen molar-refractivity contribution in [3.8, 4) is 5.75 Å². The van der Waals surface area contributed by atoms with Gasteiger partial charge in [-0.1, -0.05) is 19.9 Å². The molecule has 1 aromatic heterocycles. The van der Waals surface area contributed by atoms with E-state index in [4.69, 9.17) is 4.74 Å². The number of halogens is 1. The maximum atomic E-state index is 13.6. The standard InChI is InChI=1S/C16H22FN3O/c1-12(2)9-18-10-14-6-7-20(19-14)11-13-4-5-16(21-3)15(17)8-13/h4-8,12,18H,9-11H2,1-3H3. The van der Waals surface area contributed by atoms with Crippen molar-refractivity contribution in [2.24, 2.45) is 5.92 Å². The average Bonchev–Trinajstić information content (AvgIpc) is 2.86. The van der Waals surface area contributed by atoms with Crippen LogP contribution in [0.5, 0.6) is 5.75 Å². The van der Waals surface area contributed by atoms with Crippen LogP contribution in [-0.4, -0.2) is 23.4 Å². The minimum absolute atomic E-state index is 0.262. The lowest BCUT2D eigenvalue weighted by Gasteiger charge is -2.06. The second-order valence-electron chi connectivity index (χ2n) is 5.50. The normalized spacial score (nSPS) is 11.1. The first-order chi connectivity index (χ1) is 10.1. The molecule has 0 spiro atoms. The number of hydrogen-bond donors (Lipinski definition) is 1. The van der Waals surface area contributed by atoms with Gasteiger partial charge >= 0.3 is 0 Å². The summed E-state index contributed by atoms with van der Waals surface area (Å²) in [6.45, 7) is 6.61. The molecule has 0 fully saturated rings. The van der Waals surface area contributed by atoms with Gasteiger partial charge in [0.15, 0.2) is 11.6 Å². The highest BCUT2D eigenvalue weighted by Gasteiger charge is 2.05. The zero-order valence-corrected chi connectivity index (χ0v) is 12.8. The van der Waals surface area contributed by atoms with E-state index in [1.807, 2.05) is 23.0 Å². The van der Waals surface area contributed by atoms with E-state index in [2.05, 4.69) is 24.3 Å². The van der Waals surface area contributed by atoms with Crippen LogP contribution in [0.15, 0.2) is 30.5 Å². The lowest BCUT2D eigenvalue weighted by Crippen LogP contribution is -2.19. The van der Waals surface area contributed by atoms with Crippen molar-refractivity contribution in [2.45, 2.75) is 26.9 Å². The molecule has 1 aromatic carbocycles. The molecular weight excluding hydrogens is 269 g/mol. The van der Waals surface area contributed by atoms with Gasteiger partial charge in [0.25, 0.3) is 0 Å². The van der Waals surface area contributed by atoms with Crippen molar-refractivity contribution in [1.29, 1.82) is 0 Å². The third kappa shape index (κ3) is 4.56. The van der Waals surface area contributed by atoms with Gasteiger partial charge in [-0.2, -0.15) is 5.10 Å². The molecule has 2 aromatic rings. The Balaban J connectivity index is 1.94. The first-order valence-corrected chi connectivity index (χ1v) is 7.14. The molecule has 0 aliphatic heterocycles. The van der Waals surface area contributed by atoms with Gasteiger partial charge in [-0.15, -0.1) is 0 Å². The third-order valence-corrected chi connectivity index (χ3v) is 3.12. The van der Waals surface area contributed by atoms with Crippen LogP contribution in [0.4, 0.5) is 4.39 Å². The fourth-order valence-corrected chi connectivity index (χ4v) is 2.07. The summed E-state index contributed by atoms with van der Waals surface area (Å²) >= 11 is 0. The Morgan fingerprint density at radius 2 is 2.14 bits per heavy atom. The second-order valence-corrected chi connectivity index (χ2v) is 5.50. The molecule has 0 aliphatic rings. The molecule has 1 heterocycles. The van der Waals surface area contributed by atoms with Crippen LogP contribution in [-0.2, 0) is 13.1 Å². The van der Waals surface area contributed by atoms with Crippen molar-refractivity contribution in [3.63, 3.8) is 0 Å². The van der Waals surface area contributed by atoms with Gasteiger partial charge in [0.1, 0.15) is 0 Å². The molecule has 2 rings (SSSR count). The summed E-state index contributed by atoms with van der Waals surface area (Å²) in [6, 6.07) is 6.95. The van der Waals surface area contributed by atoms with Crippen LogP contribution < -0.4 is 10.1 Å². The summed E-state index contributed by atoms with van der Waals surface area (Å²) in [5, 5.41) is 7.83. The Morgan fingerprint density at radius 3 is 2.81 bits per heavy atom. The molecule has 21 heavy (non-hydrogen) atoms. The monoisotopic (exact) mass is 291 g/mol. The van der Waals surface area contributed by atoms with Crippen LogP contribution in [0.2, 0.25) is 0 Å². The molecule has 4 nitrogen and oxygen atoms in total. The molecule has 0 bridgehead atoms. The molecule has 5 heteroatoms. The van der Waals surface area contributed by atoms with Gasteiger partial charge in [-0.05, 0) is 36.2 Å². The van der Waals surface area contributed by atoms with E-state index in [9.17, 15) is 4.39 Å². The highest BCUT2D eigenvalue weighted by molar-refractivity contribution is 5.29. The molecule has 0 unspecified atom stereocenters. The predicted octanol–water partition coefficient (Wildman–Crippen LogP) is 2.82. The molecule has 0 saturated heterocycles. The van der Waals surface area contributed by atoms with E-state index in [0.717, 1.165) is 24.3 Å². The number of rotatable bonds is 7. The van der Waals surface area contributed by atoms with E-state index in [1.54, 1.807) is 6.07 Å². The SMILES string of the molecule is COc1ccc(Cn2ccc(CNCC(C)C)n2)cc1F. The van der Waals surface area contributed by atoms with Gasteiger partial charge in [0.05, 0.1) is 19.3 Å². The maximum absolute atomic E-state index is 13.6. The van der Waals surface area contributed by atoms with Gasteiger partial charge in [0.2, 0.25) is 0 Å². The van der Waals surface area contributed by atoms with Crippen LogP contribution >= 0.6 is 0 Å². The molecule has 0 aliphatic carbocycles. The highest BCUT2D eigenvalue weighted by atomic mass is 19.1. The zero-order chi connectivity index (χ0) is 15.2. The maximum Gasteiger partial charge on any atom is 0.165 e. The topological polar surface area (TPSA) is 39.1 Å². The summed E-state index contributed by atoms with van der Waals surface area (Å²) in [5.74, 6) is 0.535. The fourth-order valence-electron chi connectivity index (χ4n) is 2.07. The van der Waals surface area contributed by atoms with Crippen molar-refractivity contribution in [2.75, 3.05) is 13.7 Å². The summed E-state index contributed by atoms with van der Waals surface area (Å²) in [5.41, 5.74) is 1.85. The first kappa shape index (κ1) is 15.5. The lowest BCUT2D eigenvalue weighted by molar-refractivity contribution is 0.386. The van der Waals surface area contributed by atoms with Crippen LogP contribution in [0, 0.1) is 11.7 Å². The highest BCUT2D eigenvalue weighted by Crippen LogP contribution is 2.18. The fraction of sp³-hybridized carbons (Fsp3) is 0.438. The second kappa shape index (κ2) is 7.22. The molecular formula is C16H22FN3O. The van der Waals surface area contributed by atoms with Gasteiger partial charge in [-0.3, -0.25) is 4.68 Å². The number of ether oxygens (including phenoxy) is 1. The lowest BCUT2D eigenvalue weighted by atomic mass is 10.2. The zero-order valence-electron chi connectivity index (χ0n) is 12.8. The van der Waals surface area contributed by atoms with E-state index >= 15 is 0 Å². The van der Waals surface area contributed by atoms with E-state index in [0.29, 0.717) is 12.5 Å². The molecule has 1 N–H and O–H groups in total. The van der Waals surface area contributed by atoms with Crippen molar-refractivity contribution in [1.82, 2.24) is 15.1 Å². The first-order valence-electron chi connectivity index (χ1n) is 7.14. The number of benzene rings is 1. The van der Waals surface area contributed by atoms with Crippen molar-refractivity contribution >= 4 is 0 Å². The summed E-state index contributed by atoms with van der Waals surface area (Å²) in [6.07, 6.45) is 1.91. The molecule has 114 valence electrons. The minimum Gasteiger partial charge on any atom is -0.494 e. The van der Waals surface area contributed by atoms with Crippen LogP contribution in [0.1, 0.15) is 25.1 Å². The summed E-state index contributed by atoms with van der Waals surface area (Å²) < 4.78 is 20.4. The van der Waals surface area contributed by atoms with Gasteiger partial charge < -0.3 is 10.1 Å². The number of nitrogens with zero attached hydrogens (tertiary/aromatic N) is 2. The number of aromatic nitrogens is 2. The molecule has 0 atom stereocenters. The van der Waals surface area contributed by atoms with E-state index in [1.165, 1.54) is 13.2 Å². The quantitative estimate of drug-likeness (QED) is 0.852. The average molecular weight is 291 g/mol. The minimum atomic E-state index is -0.346. The molecule has 0 saturated carbocycles. The van der Waals surface area contributed by atoms with Crippen LogP contribution in [0.3, 0.4) is 0 Å². The Kier molecular flexibility index (Phi) is 5.33. The molecule has 0 amide bonds. The Labute approximate surface area is 124 Å². The number of hydrogen-bond acceptors (Lipinski definition) is 3. The van der Waals surface area contributed by atoms with Crippen LogP contribution in [0.25, 0.3) is 0 Å². The Hall–Kier alpha value is -1.88. The Morgan fingerprint density at radius 1 is 1.33 bits per heavy atom. The summed E-state index contributed by atoms with van der Waals surface area (Å²) in [4.78, 5) is 0. The van der Waals surface area contributed by atoms with E-state index in [-0.39, 0.29) is 11.6 Å². The van der Waals surface area contributed by atoms with Crippen molar-refractivity contribution < 1.29 is 9.13 Å². The number of nitrogens with one attached hydrogen (secondary N) is 1. The third-order valence-electron chi connectivity index (χ3n) is 3.12. The largest absolute Gasteiger partial charge is 0.494 e.